The maximum absolute atomic E-state index is 14.2. The van der Waals surface area contributed by atoms with Crippen LogP contribution in [0.15, 0.2) is 30.3 Å². The average Bonchev–Trinajstić information content (AvgIpc) is 2.81. The number of benzene rings is 1. The number of carboxylic acids is 1. The second kappa shape index (κ2) is 7.35. The summed E-state index contributed by atoms with van der Waals surface area (Å²) in [5, 5.41) is 10.4. The van der Waals surface area contributed by atoms with Crippen molar-refractivity contribution in [3.05, 3.63) is 35.9 Å². The van der Waals surface area contributed by atoms with Crippen LogP contribution >= 0.6 is 0 Å². The van der Waals surface area contributed by atoms with E-state index >= 15 is 0 Å². The normalized spacial score (nSPS) is 46.7. The minimum Gasteiger partial charge on any atom is -0.481 e. The van der Waals surface area contributed by atoms with Crippen molar-refractivity contribution in [3.8, 4) is 0 Å². The van der Waals surface area contributed by atoms with Gasteiger partial charge in [0.1, 0.15) is 0 Å². The molecule has 8 aliphatic carbocycles. The van der Waals surface area contributed by atoms with Crippen LogP contribution in [0.25, 0.3) is 0 Å². The van der Waals surface area contributed by atoms with E-state index in [1.807, 2.05) is 18.0 Å². The van der Waals surface area contributed by atoms with Crippen molar-refractivity contribution in [1.82, 2.24) is 4.90 Å². The predicted molar refractivity (Wildman–Crippen MR) is 135 cm³/mol. The van der Waals surface area contributed by atoms with Crippen LogP contribution in [0.5, 0.6) is 0 Å². The van der Waals surface area contributed by atoms with Gasteiger partial charge >= 0.3 is 5.97 Å². The topological polar surface area (TPSA) is 57.6 Å². The first-order valence-corrected chi connectivity index (χ1v) is 14.3. The molecule has 4 nitrogen and oxygen atoms in total. The van der Waals surface area contributed by atoms with Gasteiger partial charge in [0, 0.05) is 13.6 Å². The Morgan fingerprint density at radius 2 is 1.29 bits per heavy atom. The molecule has 0 aromatic heterocycles. The van der Waals surface area contributed by atoms with E-state index in [0.717, 1.165) is 51.5 Å². The largest absolute Gasteiger partial charge is 0.481 e. The van der Waals surface area contributed by atoms with Gasteiger partial charge in [0.25, 0.3) is 0 Å². The highest BCUT2D eigenvalue weighted by atomic mass is 16.4. The lowest BCUT2D eigenvalue weighted by molar-refractivity contribution is -0.240. The molecule has 0 radical (unpaired) electrons. The van der Waals surface area contributed by atoms with Crippen molar-refractivity contribution in [3.63, 3.8) is 0 Å². The molecule has 0 saturated heterocycles. The molecule has 9 rings (SSSR count). The molecule has 1 amide bonds. The summed E-state index contributed by atoms with van der Waals surface area (Å²) in [4.78, 5) is 28.8. The zero-order valence-corrected chi connectivity index (χ0v) is 21.3. The molecular formula is C31H41NO3. The number of carbonyl (C=O) groups excluding carboxylic acids is 1. The van der Waals surface area contributed by atoms with E-state index in [-0.39, 0.29) is 16.2 Å². The SMILES string of the molecule is CN(CCc1ccccc1)C(=O)C12CC3CC(C1)CC(C14CC5CC(CC(C(=O)O)(C5)C1)C4)(C3)C2. The fourth-order valence-corrected chi connectivity index (χ4v) is 11.7. The van der Waals surface area contributed by atoms with Gasteiger partial charge in [0.05, 0.1) is 10.8 Å². The molecule has 4 heteroatoms. The predicted octanol–water partition coefficient (Wildman–Crippen LogP) is 5.95. The summed E-state index contributed by atoms with van der Waals surface area (Å²) < 4.78 is 0. The van der Waals surface area contributed by atoms with Crippen LogP contribution in [0.1, 0.15) is 82.6 Å². The van der Waals surface area contributed by atoms with Crippen molar-refractivity contribution >= 4 is 11.9 Å². The number of rotatable bonds is 6. The first-order valence-electron chi connectivity index (χ1n) is 14.3. The number of aliphatic carboxylic acids is 1. The van der Waals surface area contributed by atoms with Gasteiger partial charge in [-0.3, -0.25) is 9.59 Å². The van der Waals surface area contributed by atoms with Crippen molar-refractivity contribution in [2.24, 2.45) is 45.3 Å². The van der Waals surface area contributed by atoms with E-state index in [9.17, 15) is 14.7 Å². The molecule has 0 aliphatic heterocycles. The summed E-state index contributed by atoms with van der Waals surface area (Å²) in [6.45, 7) is 0.782. The maximum atomic E-state index is 14.2. The number of hydrogen-bond acceptors (Lipinski definition) is 2. The molecule has 0 spiro atoms. The Bertz CT molecular complexity index is 1020. The Morgan fingerprint density at radius 1 is 0.800 bits per heavy atom. The Hall–Kier alpha value is -1.84. The first-order chi connectivity index (χ1) is 16.7. The fourth-order valence-electron chi connectivity index (χ4n) is 11.7. The quantitative estimate of drug-likeness (QED) is 0.553. The lowest BCUT2D eigenvalue weighted by Crippen LogP contribution is -2.67. The van der Waals surface area contributed by atoms with Crippen molar-refractivity contribution < 1.29 is 14.7 Å². The maximum Gasteiger partial charge on any atom is 0.309 e. The van der Waals surface area contributed by atoms with Gasteiger partial charge in [-0.05, 0) is 124 Å². The van der Waals surface area contributed by atoms with Crippen LogP contribution < -0.4 is 0 Å². The Labute approximate surface area is 209 Å². The molecule has 8 saturated carbocycles. The Morgan fingerprint density at radius 3 is 1.80 bits per heavy atom. The molecule has 1 N–H and O–H groups in total. The van der Waals surface area contributed by atoms with E-state index < -0.39 is 11.4 Å². The highest BCUT2D eigenvalue weighted by Crippen LogP contribution is 2.78. The number of carbonyl (C=O) groups is 2. The standard InChI is InChI=1S/C31H41NO3/c1-32(8-7-21-5-3-2-4-6-21)26(33)28-11-22-9-23(12-28)16-30(15-22,19-28)31-17-24-10-25(18-31)14-29(13-24,20-31)27(34)35/h2-6,22-25H,7-20H2,1H3,(H,34,35). The second-order valence-corrected chi connectivity index (χ2v) is 14.3. The van der Waals surface area contributed by atoms with Gasteiger partial charge in [-0.25, -0.2) is 0 Å². The molecule has 8 fully saturated rings. The number of amides is 1. The lowest BCUT2D eigenvalue weighted by Gasteiger charge is -2.73. The molecule has 4 atom stereocenters. The van der Waals surface area contributed by atoms with Gasteiger partial charge in [-0.2, -0.15) is 0 Å². The molecule has 0 heterocycles. The van der Waals surface area contributed by atoms with Crippen molar-refractivity contribution in [2.75, 3.05) is 13.6 Å². The molecular weight excluding hydrogens is 434 g/mol. The molecule has 8 aliphatic rings. The summed E-state index contributed by atoms with van der Waals surface area (Å²) in [7, 11) is 2.03. The van der Waals surface area contributed by atoms with E-state index in [4.69, 9.17) is 0 Å². The summed E-state index contributed by atoms with van der Waals surface area (Å²) in [5.74, 6) is 2.39. The van der Waals surface area contributed by atoms with Crippen molar-refractivity contribution in [2.45, 2.75) is 83.5 Å². The number of hydrogen-bond donors (Lipinski definition) is 1. The number of carboxylic acid groups (broad SMARTS) is 1. The first kappa shape index (κ1) is 22.4. The monoisotopic (exact) mass is 475 g/mol. The third-order valence-corrected chi connectivity index (χ3v) is 12.1. The van der Waals surface area contributed by atoms with Crippen LogP contribution in [0, 0.1) is 45.3 Å². The second-order valence-electron chi connectivity index (χ2n) is 14.3. The summed E-state index contributed by atoms with van der Waals surface area (Å²) in [6.07, 6.45) is 14.4. The minimum atomic E-state index is -0.521. The summed E-state index contributed by atoms with van der Waals surface area (Å²) >= 11 is 0. The zero-order valence-electron chi connectivity index (χ0n) is 21.3. The van der Waals surface area contributed by atoms with Gasteiger partial charge < -0.3 is 10.0 Å². The van der Waals surface area contributed by atoms with Crippen LogP contribution in [0.4, 0.5) is 0 Å². The van der Waals surface area contributed by atoms with Crippen LogP contribution in [0.3, 0.4) is 0 Å². The van der Waals surface area contributed by atoms with Gasteiger partial charge in [-0.1, -0.05) is 30.3 Å². The van der Waals surface area contributed by atoms with Gasteiger partial charge in [0.15, 0.2) is 0 Å². The molecule has 188 valence electrons. The molecule has 35 heavy (non-hydrogen) atoms. The fraction of sp³-hybridized carbons (Fsp3) is 0.742. The van der Waals surface area contributed by atoms with Crippen LogP contribution in [-0.2, 0) is 16.0 Å². The Kier molecular flexibility index (Phi) is 4.70. The third-order valence-electron chi connectivity index (χ3n) is 12.1. The van der Waals surface area contributed by atoms with Gasteiger partial charge in [-0.15, -0.1) is 0 Å². The number of nitrogens with zero attached hydrogens (tertiary/aromatic N) is 1. The van der Waals surface area contributed by atoms with E-state index in [1.54, 1.807) is 0 Å². The average molecular weight is 476 g/mol. The Balaban J connectivity index is 1.19. The summed E-state index contributed by atoms with van der Waals surface area (Å²) in [6, 6.07) is 10.5. The molecule has 4 unspecified atom stereocenters. The molecule has 1 aromatic rings. The molecule has 1 aromatic carbocycles. The van der Waals surface area contributed by atoms with Crippen molar-refractivity contribution in [1.29, 1.82) is 0 Å². The highest BCUT2D eigenvalue weighted by Gasteiger charge is 2.72. The van der Waals surface area contributed by atoms with Crippen LogP contribution in [-0.4, -0.2) is 35.5 Å². The highest BCUT2D eigenvalue weighted by molar-refractivity contribution is 5.83. The third kappa shape index (κ3) is 3.16. The van der Waals surface area contributed by atoms with E-state index in [2.05, 4.69) is 24.3 Å². The summed E-state index contributed by atoms with van der Waals surface area (Å²) in [5.41, 5.74) is 0.987. The van der Waals surface area contributed by atoms with E-state index in [1.165, 1.54) is 44.1 Å². The van der Waals surface area contributed by atoms with E-state index in [0.29, 0.717) is 29.6 Å². The van der Waals surface area contributed by atoms with Crippen LogP contribution in [0.2, 0.25) is 0 Å². The number of likely N-dealkylation sites (N-methyl/N-ethyl adjacent to an activating group) is 1. The zero-order chi connectivity index (χ0) is 24.1. The minimum absolute atomic E-state index is 0.168. The lowest BCUT2D eigenvalue weighted by atomic mass is 9.31. The van der Waals surface area contributed by atoms with Gasteiger partial charge in [0.2, 0.25) is 5.91 Å². The molecule has 8 bridgehead atoms. The smallest absolute Gasteiger partial charge is 0.309 e.